The summed E-state index contributed by atoms with van der Waals surface area (Å²) in [5.74, 6) is 0.959. The van der Waals surface area contributed by atoms with Gasteiger partial charge in [0.25, 0.3) is 0 Å². The molecule has 1 atom stereocenters. The molecule has 0 saturated carbocycles. The summed E-state index contributed by atoms with van der Waals surface area (Å²) in [6.45, 7) is 6.01. The summed E-state index contributed by atoms with van der Waals surface area (Å²) in [6.07, 6.45) is 6.16. The van der Waals surface area contributed by atoms with Crippen LogP contribution >= 0.6 is 0 Å². The van der Waals surface area contributed by atoms with Crippen LogP contribution in [0, 0.1) is 0 Å². The van der Waals surface area contributed by atoms with E-state index >= 15 is 0 Å². The highest BCUT2D eigenvalue weighted by atomic mass is 16.5. The molecule has 1 aliphatic heterocycles. The molecule has 0 aromatic carbocycles. The summed E-state index contributed by atoms with van der Waals surface area (Å²) in [6, 6.07) is 0.859. The summed E-state index contributed by atoms with van der Waals surface area (Å²) in [7, 11) is 0. The van der Waals surface area contributed by atoms with Crippen LogP contribution in [0.2, 0.25) is 0 Å². The number of ether oxygens (including phenoxy) is 1. The first-order valence-corrected chi connectivity index (χ1v) is 5.64. The molecule has 1 fully saturated rings. The topological polar surface area (TPSA) is 39.1 Å². The van der Waals surface area contributed by atoms with E-state index in [1.54, 1.807) is 0 Å². The molecule has 1 saturated heterocycles. The van der Waals surface area contributed by atoms with Crippen molar-refractivity contribution in [3.8, 4) is 0 Å². The third-order valence-electron chi connectivity index (χ3n) is 2.72. The van der Waals surface area contributed by atoms with E-state index < -0.39 is 0 Å². The smallest absolute Gasteiger partial charge is 0.203 e. The van der Waals surface area contributed by atoms with E-state index in [1.165, 1.54) is 6.42 Å². The Balaban J connectivity index is 1.99. The van der Waals surface area contributed by atoms with Gasteiger partial charge in [-0.25, -0.2) is 4.98 Å². The number of hydrogen-bond donors (Lipinski definition) is 1. The Labute approximate surface area is 90.6 Å². The Morgan fingerprint density at radius 2 is 2.47 bits per heavy atom. The Morgan fingerprint density at radius 1 is 1.60 bits per heavy atom. The summed E-state index contributed by atoms with van der Waals surface area (Å²) in [4.78, 5) is 4.33. The lowest BCUT2D eigenvalue weighted by Gasteiger charge is -2.24. The van der Waals surface area contributed by atoms with E-state index in [4.69, 9.17) is 4.74 Å². The maximum Gasteiger partial charge on any atom is 0.203 e. The molecule has 0 amide bonds. The van der Waals surface area contributed by atoms with Gasteiger partial charge in [-0.2, -0.15) is 0 Å². The molecule has 84 valence electrons. The normalized spacial score (nSPS) is 21.9. The highest BCUT2D eigenvalue weighted by molar-refractivity contribution is 5.28. The first kappa shape index (κ1) is 10.5. The molecule has 4 heteroatoms. The fourth-order valence-electron chi connectivity index (χ4n) is 1.88. The summed E-state index contributed by atoms with van der Waals surface area (Å²) < 4.78 is 7.58. The van der Waals surface area contributed by atoms with Crippen molar-refractivity contribution >= 4 is 5.95 Å². The largest absolute Gasteiger partial charge is 0.379 e. The van der Waals surface area contributed by atoms with E-state index in [1.807, 2.05) is 12.4 Å². The van der Waals surface area contributed by atoms with Gasteiger partial charge in [-0.3, -0.25) is 0 Å². The van der Waals surface area contributed by atoms with Gasteiger partial charge in [0.15, 0.2) is 0 Å². The molecule has 1 N–H and O–H groups in total. The lowest BCUT2D eigenvalue weighted by atomic mass is 10.1. The summed E-state index contributed by atoms with van der Waals surface area (Å²) in [5.41, 5.74) is 0. The number of aromatic nitrogens is 2. The fraction of sp³-hybridized carbons (Fsp3) is 0.727. The molecule has 0 radical (unpaired) electrons. The van der Waals surface area contributed by atoms with Crippen LogP contribution < -0.4 is 5.32 Å². The van der Waals surface area contributed by atoms with Crippen molar-refractivity contribution in [2.75, 3.05) is 18.5 Å². The molecule has 2 rings (SSSR count). The molecule has 0 aliphatic carbocycles. The van der Waals surface area contributed by atoms with Gasteiger partial charge in [0.1, 0.15) is 0 Å². The lowest BCUT2D eigenvalue weighted by Crippen LogP contribution is -2.31. The van der Waals surface area contributed by atoms with Gasteiger partial charge in [-0.1, -0.05) is 0 Å². The molecular weight excluding hydrogens is 190 g/mol. The second-order valence-electron chi connectivity index (χ2n) is 4.31. The number of nitrogens with one attached hydrogen (secondary N) is 1. The van der Waals surface area contributed by atoms with Gasteiger partial charge in [-0.05, 0) is 26.7 Å². The average Bonchev–Trinajstić information content (AvgIpc) is 2.67. The summed E-state index contributed by atoms with van der Waals surface area (Å²) in [5, 5.41) is 3.44. The van der Waals surface area contributed by atoms with Crippen LogP contribution in [0.15, 0.2) is 12.4 Å². The van der Waals surface area contributed by atoms with Crippen molar-refractivity contribution in [2.45, 2.75) is 38.8 Å². The first-order chi connectivity index (χ1) is 7.27. The van der Waals surface area contributed by atoms with Crippen molar-refractivity contribution in [3.05, 3.63) is 12.4 Å². The van der Waals surface area contributed by atoms with Gasteiger partial charge >= 0.3 is 0 Å². The van der Waals surface area contributed by atoms with Crippen LogP contribution in [0.4, 0.5) is 5.95 Å². The zero-order chi connectivity index (χ0) is 10.7. The van der Waals surface area contributed by atoms with Crippen molar-refractivity contribution in [1.82, 2.24) is 9.55 Å². The van der Waals surface area contributed by atoms with Crippen molar-refractivity contribution in [2.24, 2.45) is 0 Å². The fourth-order valence-corrected chi connectivity index (χ4v) is 1.88. The van der Waals surface area contributed by atoms with Crippen molar-refractivity contribution in [1.29, 1.82) is 0 Å². The van der Waals surface area contributed by atoms with Crippen LogP contribution in [0.5, 0.6) is 0 Å². The number of rotatable bonds is 3. The molecule has 4 nitrogen and oxygen atoms in total. The minimum Gasteiger partial charge on any atom is -0.379 e. The predicted octanol–water partition coefficient (Wildman–Crippen LogP) is 2.05. The predicted molar refractivity (Wildman–Crippen MR) is 60.1 cm³/mol. The highest BCUT2D eigenvalue weighted by Crippen LogP contribution is 2.16. The number of nitrogens with zero attached hydrogens (tertiary/aromatic N) is 2. The van der Waals surface area contributed by atoms with Gasteiger partial charge in [0.2, 0.25) is 5.95 Å². The van der Waals surface area contributed by atoms with Crippen LogP contribution in [0.1, 0.15) is 32.7 Å². The van der Waals surface area contributed by atoms with Gasteiger partial charge in [-0.15, -0.1) is 0 Å². The quantitative estimate of drug-likeness (QED) is 0.828. The lowest BCUT2D eigenvalue weighted by molar-refractivity contribution is 0.0873. The van der Waals surface area contributed by atoms with Crippen molar-refractivity contribution < 1.29 is 4.74 Å². The molecule has 0 spiro atoms. The number of anilines is 1. The maximum absolute atomic E-state index is 5.43. The Morgan fingerprint density at radius 3 is 3.13 bits per heavy atom. The molecule has 1 aromatic heterocycles. The van der Waals surface area contributed by atoms with Crippen LogP contribution in [-0.2, 0) is 4.74 Å². The SMILES string of the molecule is CC(C)n1ccnc1NC1CCCOC1. The minimum atomic E-state index is 0.415. The van der Waals surface area contributed by atoms with Crippen LogP contribution in [-0.4, -0.2) is 28.8 Å². The molecule has 15 heavy (non-hydrogen) atoms. The second-order valence-corrected chi connectivity index (χ2v) is 4.31. The Hall–Kier alpha value is -1.03. The van der Waals surface area contributed by atoms with E-state index in [2.05, 4.69) is 28.7 Å². The maximum atomic E-state index is 5.43. The molecule has 1 unspecified atom stereocenters. The molecule has 2 heterocycles. The van der Waals surface area contributed by atoms with Crippen LogP contribution in [0.3, 0.4) is 0 Å². The molecular formula is C11H19N3O. The van der Waals surface area contributed by atoms with Crippen molar-refractivity contribution in [3.63, 3.8) is 0 Å². The van der Waals surface area contributed by atoms with Gasteiger partial charge in [0.05, 0.1) is 12.6 Å². The second kappa shape index (κ2) is 4.66. The van der Waals surface area contributed by atoms with E-state index in [9.17, 15) is 0 Å². The Kier molecular flexibility index (Phi) is 3.26. The van der Waals surface area contributed by atoms with E-state index in [0.29, 0.717) is 12.1 Å². The molecule has 1 aliphatic rings. The van der Waals surface area contributed by atoms with E-state index in [-0.39, 0.29) is 0 Å². The minimum absolute atomic E-state index is 0.415. The monoisotopic (exact) mass is 209 g/mol. The molecule has 1 aromatic rings. The zero-order valence-corrected chi connectivity index (χ0v) is 9.44. The standard InChI is InChI=1S/C11H19N3O/c1-9(2)14-6-5-12-11(14)13-10-4-3-7-15-8-10/h5-6,9-10H,3-4,7-8H2,1-2H3,(H,12,13). The highest BCUT2D eigenvalue weighted by Gasteiger charge is 2.16. The molecule has 0 bridgehead atoms. The van der Waals surface area contributed by atoms with Gasteiger partial charge in [0, 0.05) is 25.0 Å². The number of hydrogen-bond acceptors (Lipinski definition) is 3. The third-order valence-corrected chi connectivity index (χ3v) is 2.72. The van der Waals surface area contributed by atoms with Gasteiger partial charge < -0.3 is 14.6 Å². The first-order valence-electron chi connectivity index (χ1n) is 5.64. The summed E-state index contributed by atoms with van der Waals surface area (Å²) >= 11 is 0. The Bertz CT molecular complexity index is 303. The number of imidazole rings is 1. The average molecular weight is 209 g/mol. The van der Waals surface area contributed by atoms with Crippen LogP contribution in [0.25, 0.3) is 0 Å². The zero-order valence-electron chi connectivity index (χ0n) is 9.44. The van der Waals surface area contributed by atoms with E-state index in [0.717, 1.165) is 25.6 Å². The third kappa shape index (κ3) is 2.50.